The molecule has 0 radical (unpaired) electrons. The quantitative estimate of drug-likeness (QED) is 0.890. The van der Waals surface area contributed by atoms with Gasteiger partial charge in [0, 0.05) is 43.3 Å². The van der Waals surface area contributed by atoms with Gasteiger partial charge in [-0.05, 0) is 44.7 Å². The van der Waals surface area contributed by atoms with Crippen LogP contribution in [0.25, 0.3) is 0 Å². The number of aryl methyl sites for hydroxylation is 1. The van der Waals surface area contributed by atoms with Gasteiger partial charge in [0.1, 0.15) is 0 Å². The van der Waals surface area contributed by atoms with E-state index in [1.807, 2.05) is 36.1 Å². The van der Waals surface area contributed by atoms with Gasteiger partial charge in [-0.25, -0.2) is 0 Å². The van der Waals surface area contributed by atoms with Gasteiger partial charge >= 0.3 is 0 Å². The maximum Gasteiger partial charge on any atom is 0.253 e. The normalized spacial score (nSPS) is 25.1. The summed E-state index contributed by atoms with van der Waals surface area (Å²) in [6, 6.07) is 8.03. The first-order valence-corrected chi connectivity index (χ1v) is 10.3. The molecular formula is C22H30N2O3. The number of hydrogen-bond acceptors (Lipinski definition) is 3. The molecule has 1 saturated carbocycles. The summed E-state index contributed by atoms with van der Waals surface area (Å²) in [6.45, 7) is 4.56. The van der Waals surface area contributed by atoms with Gasteiger partial charge < -0.3 is 15.0 Å². The molecule has 2 aliphatic heterocycles. The molecule has 0 bridgehead atoms. The van der Waals surface area contributed by atoms with E-state index in [0.717, 1.165) is 31.2 Å². The van der Waals surface area contributed by atoms with E-state index in [1.54, 1.807) is 0 Å². The van der Waals surface area contributed by atoms with Crippen LogP contribution in [-0.2, 0) is 9.53 Å². The molecule has 1 unspecified atom stereocenters. The third kappa shape index (κ3) is 3.75. The smallest absolute Gasteiger partial charge is 0.253 e. The van der Waals surface area contributed by atoms with Crippen molar-refractivity contribution < 1.29 is 14.3 Å². The number of nitrogens with zero attached hydrogens (tertiary/aromatic N) is 1. The number of hydrogen-bond donors (Lipinski definition) is 1. The van der Waals surface area contributed by atoms with Gasteiger partial charge in [0.15, 0.2) is 0 Å². The van der Waals surface area contributed by atoms with Crippen LogP contribution in [0.2, 0.25) is 0 Å². The van der Waals surface area contributed by atoms with Gasteiger partial charge in [-0.2, -0.15) is 0 Å². The van der Waals surface area contributed by atoms with Crippen LogP contribution in [0.1, 0.15) is 54.4 Å². The number of amides is 2. The summed E-state index contributed by atoms with van der Waals surface area (Å²) in [5.74, 6) is 0.0523. The van der Waals surface area contributed by atoms with Crippen LogP contribution in [0.3, 0.4) is 0 Å². The highest BCUT2D eigenvalue weighted by Gasteiger charge is 2.52. The van der Waals surface area contributed by atoms with Crippen LogP contribution in [0.4, 0.5) is 0 Å². The Morgan fingerprint density at radius 1 is 1.11 bits per heavy atom. The van der Waals surface area contributed by atoms with Gasteiger partial charge in [0.05, 0.1) is 5.92 Å². The van der Waals surface area contributed by atoms with Crippen molar-refractivity contribution in [3.63, 3.8) is 0 Å². The summed E-state index contributed by atoms with van der Waals surface area (Å²) in [7, 11) is 0. The molecule has 1 aliphatic carbocycles. The summed E-state index contributed by atoms with van der Waals surface area (Å²) in [5.41, 5.74) is 1.71. The molecule has 1 aromatic rings. The van der Waals surface area contributed by atoms with E-state index in [-0.39, 0.29) is 23.1 Å². The van der Waals surface area contributed by atoms with E-state index in [4.69, 9.17) is 4.74 Å². The fourth-order valence-electron chi connectivity index (χ4n) is 5.02. The van der Waals surface area contributed by atoms with Crippen LogP contribution >= 0.6 is 0 Å². The highest BCUT2D eigenvalue weighted by atomic mass is 16.5. The lowest BCUT2D eigenvalue weighted by Gasteiger charge is -2.37. The molecule has 2 amide bonds. The fraction of sp³-hybridized carbons (Fsp3) is 0.636. The van der Waals surface area contributed by atoms with Crippen molar-refractivity contribution in [2.75, 3.05) is 26.3 Å². The van der Waals surface area contributed by atoms with Crippen molar-refractivity contribution >= 4 is 11.8 Å². The Labute approximate surface area is 161 Å². The first-order chi connectivity index (χ1) is 13.1. The number of likely N-dealkylation sites (tertiary alicyclic amines) is 1. The lowest BCUT2D eigenvalue weighted by molar-refractivity contribution is -0.130. The molecule has 1 N–H and O–H groups in total. The molecule has 2 heterocycles. The first-order valence-electron chi connectivity index (χ1n) is 10.3. The summed E-state index contributed by atoms with van der Waals surface area (Å²) < 4.78 is 5.58. The molecule has 3 aliphatic rings. The molecule has 146 valence electrons. The molecule has 1 spiro atoms. The molecule has 2 saturated heterocycles. The van der Waals surface area contributed by atoms with E-state index in [1.165, 1.54) is 12.8 Å². The molecule has 3 fully saturated rings. The zero-order valence-corrected chi connectivity index (χ0v) is 16.2. The lowest BCUT2D eigenvalue weighted by Crippen LogP contribution is -2.46. The molecule has 5 nitrogen and oxygen atoms in total. The zero-order valence-electron chi connectivity index (χ0n) is 16.2. The lowest BCUT2D eigenvalue weighted by atomic mass is 9.71. The SMILES string of the molecule is Cc1ccc(C(=O)N2CC(C(=O)NC3CCCC3)C3(CCOCC3)C2)cc1. The second kappa shape index (κ2) is 7.63. The Morgan fingerprint density at radius 2 is 1.78 bits per heavy atom. The molecule has 1 atom stereocenters. The average Bonchev–Trinajstić information content (AvgIpc) is 3.31. The third-order valence-electron chi connectivity index (χ3n) is 6.74. The van der Waals surface area contributed by atoms with Crippen molar-refractivity contribution in [3.05, 3.63) is 35.4 Å². The largest absolute Gasteiger partial charge is 0.381 e. The van der Waals surface area contributed by atoms with E-state index in [0.29, 0.717) is 37.9 Å². The zero-order chi connectivity index (χ0) is 18.9. The molecule has 5 heteroatoms. The highest BCUT2D eigenvalue weighted by Crippen LogP contribution is 2.45. The maximum atomic E-state index is 13.1. The number of benzene rings is 1. The van der Waals surface area contributed by atoms with E-state index < -0.39 is 0 Å². The summed E-state index contributed by atoms with van der Waals surface area (Å²) >= 11 is 0. The van der Waals surface area contributed by atoms with Gasteiger partial charge in [-0.1, -0.05) is 30.5 Å². The van der Waals surface area contributed by atoms with Gasteiger partial charge in [0.25, 0.3) is 5.91 Å². The van der Waals surface area contributed by atoms with Gasteiger partial charge in [-0.15, -0.1) is 0 Å². The predicted octanol–water partition coefficient (Wildman–Crippen LogP) is 2.92. The monoisotopic (exact) mass is 370 g/mol. The average molecular weight is 370 g/mol. The first kappa shape index (κ1) is 18.5. The standard InChI is InChI=1S/C22H30N2O3/c1-16-6-8-17(9-7-16)21(26)24-14-19(20(25)23-18-4-2-3-5-18)22(15-24)10-12-27-13-11-22/h6-9,18-19H,2-5,10-15H2,1H3,(H,23,25). The van der Waals surface area contributed by atoms with E-state index >= 15 is 0 Å². The number of rotatable bonds is 3. The second-order valence-corrected chi connectivity index (χ2v) is 8.57. The van der Waals surface area contributed by atoms with Gasteiger partial charge in [-0.3, -0.25) is 9.59 Å². The maximum absolute atomic E-state index is 13.1. The summed E-state index contributed by atoms with van der Waals surface area (Å²) in [6.07, 6.45) is 6.28. The number of ether oxygens (including phenoxy) is 1. The minimum atomic E-state index is -0.138. The molecular weight excluding hydrogens is 340 g/mol. The number of carbonyl (C=O) groups is 2. The Morgan fingerprint density at radius 3 is 2.44 bits per heavy atom. The van der Waals surface area contributed by atoms with Crippen LogP contribution in [0.15, 0.2) is 24.3 Å². The van der Waals surface area contributed by atoms with Crippen molar-refractivity contribution in [3.8, 4) is 0 Å². The van der Waals surface area contributed by atoms with Crippen LogP contribution in [0, 0.1) is 18.3 Å². The predicted molar refractivity (Wildman–Crippen MR) is 103 cm³/mol. The highest BCUT2D eigenvalue weighted by molar-refractivity contribution is 5.95. The van der Waals surface area contributed by atoms with E-state index in [9.17, 15) is 9.59 Å². The fourth-order valence-corrected chi connectivity index (χ4v) is 5.02. The molecule has 1 aromatic carbocycles. The van der Waals surface area contributed by atoms with Crippen molar-refractivity contribution in [2.24, 2.45) is 11.3 Å². The molecule has 4 rings (SSSR count). The second-order valence-electron chi connectivity index (χ2n) is 8.57. The summed E-state index contributed by atoms with van der Waals surface area (Å²) in [5, 5.41) is 3.28. The molecule has 27 heavy (non-hydrogen) atoms. The van der Waals surface area contributed by atoms with Crippen LogP contribution in [-0.4, -0.2) is 49.1 Å². The van der Waals surface area contributed by atoms with Crippen LogP contribution < -0.4 is 5.32 Å². The minimum absolute atomic E-state index is 0.0389. The van der Waals surface area contributed by atoms with Crippen molar-refractivity contribution in [1.29, 1.82) is 0 Å². The summed E-state index contributed by atoms with van der Waals surface area (Å²) in [4.78, 5) is 28.1. The Kier molecular flexibility index (Phi) is 5.22. The van der Waals surface area contributed by atoms with Crippen molar-refractivity contribution in [2.45, 2.75) is 51.5 Å². The van der Waals surface area contributed by atoms with E-state index in [2.05, 4.69) is 5.32 Å². The number of nitrogens with one attached hydrogen (secondary N) is 1. The topological polar surface area (TPSA) is 58.6 Å². The minimum Gasteiger partial charge on any atom is -0.381 e. The van der Waals surface area contributed by atoms with Crippen LogP contribution in [0.5, 0.6) is 0 Å². The Bertz CT molecular complexity index is 688. The number of carbonyl (C=O) groups excluding carboxylic acids is 2. The van der Waals surface area contributed by atoms with Crippen molar-refractivity contribution in [1.82, 2.24) is 10.2 Å². The third-order valence-corrected chi connectivity index (χ3v) is 6.74. The van der Waals surface area contributed by atoms with Gasteiger partial charge in [0.2, 0.25) is 5.91 Å². The molecule has 0 aromatic heterocycles. The Balaban J connectivity index is 1.52. The Hall–Kier alpha value is -1.88.